The minimum absolute atomic E-state index is 0.353. The van der Waals surface area contributed by atoms with Crippen molar-refractivity contribution in [2.45, 2.75) is 0 Å². The molecule has 0 fully saturated rings. The number of non-ortho nitro benzene ring substituents is 2. The lowest BCUT2D eigenvalue weighted by atomic mass is 10.1. The van der Waals surface area contributed by atoms with Crippen molar-refractivity contribution in [1.82, 2.24) is 0 Å². The second kappa shape index (κ2) is 8.29. The molecular weight excluding hydrogens is 414 g/mol. The number of anilines is 1. The van der Waals surface area contributed by atoms with Crippen LogP contribution in [0.3, 0.4) is 0 Å². The average molecular weight is 421 g/mol. The van der Waals surface area contributed by atoms with Crippen LogP contribution in [0.25, 0.3) is 0 Å². The quantitative estimate of drug-likeness (QED) is 0.369. The number of hydrazone groups is 1. The minimum atomic E-state index is -1.10. The normalized spacial score (nSPS) is 10.5. The molecule has 0 saturated carbocycles. The third kappa shape index (κ3) is 4.42. The molecule has 2 rings (SSSR count). The Balaban J connectivity index is 2.51. The first-order valence-corrected chi connectivity index (χ1v) is 7.36. The number of hydrogen-bond acceptors (Lipinski definition) is 12. The first-order valence-electron chi connectivity index (χ1n) is 7.36. The van der Waals surface area contributed by atoms with Gasteiger partial charge in [-0.3, -0.25) is 56.0 Å². The van der Waals surface area contributed by atoms with Gasteiger partial charge in [0, 0.05) is 6.07 Å². The third-order valence-corrected chi connectivity index (χ3v) is 3.49. The maximum absolute atomic E-state index is 11.2. The average Bonchev–Trinajstić information content (AvgIpc) is 2.67. The van der Waals surface area contributed by atoms with Crippen LogP contribution in [0.5, 0.6) is 0 Å². The molecule has 17 nitrogen and oxygen atoms in total. The summed E-state index contributed by atoms with van der Waals surface area (Å²) in [5.74, 6) is 0. The summed E-state index contributed by atoms with van der Waals surface area (Å²) in [4.78, 5) is 49.9. The Morgan fingerprint density at radius 3 is 1.57 bits per heavy atom. The Hall–Kier alpha value is -5.09. The Kier molecular flexibility index (Phi) is 5.86. The molecule has 154 valence electrons. The van der Waals surface area contributed by atoms with E-state index in [0.29, 0.717) is 24.4 Å². The maximum Gasteiger partial charge on any atom is 0.301 e. The number of nitro groups is 5. The number of hydrogen-bond donors (Lipinski definition) is 1. The van der Waals surface area contributed by atoms with Crippen LogP contribution in [0.2, 0.25) is 0 Å². The summed E-state index contributed by atoms with van der Waals surface area (Å²) in [6.07, 6.45) is 0.575. The number of nitrogens with zero attached hydrogens (tertiary/aromatic N) is 6. The molecule has 0 aliphatic heterocycles. The van der Waals surface area contributed by atoms with Crippen LogP contribution < -0.4 is 5.43 Å². The molecule has 0 bridgehead atoms. The van der Waals surface area contributed by atoms with Gasteiger partial charge < -0.3 is 0 Å². The lowest BCUT2D eigenvalue weighted by molar-refractivity contribution is -0.403. The fraction of sp³-hybridized carbons (Fsp3) is 0. The Bertz CT molecular complexity index is 1090. The second-order valence-electron chi connectivity index (χ2n) is 5.25. The predicted molar refractivity (Wildman–Crippen MR) is 97.4 cm³/mol. The van der Waals surface area contributed by atoms with E-state index in [0.717, 1.165) is 12.1 Å². The maximum atomic E-state index is 11.2. The second-order valence-corrected chi connectivity index (χ2v) is 5.25. The van der Waals surface area contributed by atoms with Crippen molar-refractivity contribution in [2.75, 3.05) is 5.43 Å². The van der Waals surface area contributed by atoms with Gasteiger partial charge in [0.15, 0.2) is 5.56 Å². The van der Waals surface area contributed by atoms with Gasteiger partial charge in [-0.1, -0.05) is 0 Å². The topological polar surface area (TPSA) is 240 Å². The Morgan fingerprint density at radius 2 is 1.13 bits per heavy atom. The summed E-state index contributed by atoms with van der Waals surface area (Å²) in [7, 11) is 0. The van der Waals surface area contributed by atoms with Gasteiger partial charge >= 0.3 is 5.69 Å². The largest absolute Gasteiger partial charge is 0.301 e. The first-order chi connectivity index (χ1) is 14.0. The molecule has 0 atom stereocenters. The molecule has 0 aliphatic rings. The summed E-state index contributed by atoms with van der Waals surface area (Å²) >= 11 is 0. The van der Waals surface area contributed by atoms with Gasteiger partial charge in [0.05, 0.1) is 49.0 Å². The van der Waals surface area contributed by atoms with E-state index in [1.54, 1.807) is 0 Å². The monoisotopic (exact) mass is 421 g/mol. The Morgan fingerprint density at radius 1 is 0.667 bits per heavy atom. The standard InChI is InChI=1S/C13H7N7O10/c21-16(22)7-1-2-10(13(3-7)20(29)30)15-14-6-9-11(18(25)26)4-8(17(23)24)5-12(9)19(27)28/h1-6,15H. The smallest absolute Gasteiger partial charge is 0.272 e. The van der Waals surface area contributed by atoms with E-state index >= 15 is 0 Å². The lowest BCUT2D eigenvalue weighted by Gasteiger charge is -2.03. The van der Waals surface area contributed by atoms with Crippen LogP contribution in [0.1, 0.15) is 5.56 Å². The van der Waals surface area contributed by atoms with E-state index in [-0.39, 0.29) is 5.69 Å². The van der Waals surface area contributed by atoms with Gasteiger partial charge in [-0.15, -0.1) is 0 Å². The van der Waals surface area contributed by atoms with Crippen LogP contribution in [-0.4, -0.2) is 30.8 Å². The van der Waals surface area contributed by atoms with Gasteiger partial charge in [-0.2, -0.15) is 5.10 Å². The van der Waals surface area contributed by atoms with Crippen LogP contribution in [0, 0.1) is 50.6 Å². The fourth-order valence-electron chi connectivity index (χ4n) is 2.19. The van der Waals surface area contributed by atoms with Crippen LogP contribution in [0.4, 0.5) is 34.1 Å². The number of nitro benzene ring substituents is 5. The van der Waals surface area contributed by atoms with Crippen molar-refractivity contribution in [1.29, 1.82) is 0 Å². The highest BCUT2D eigenvalue weighted by atomic mass is 16.6. The molecule has 30 heavy (non-hydrogen) atoms. The highest BCUT2D eigenvalue weighted by Gasteiger charge is 2.29. The van der Waals surface area contributed by atoms with Crippen molar-refractivity contribution in [3.05, 3.63) is 86.5 Å². The molecule has 0 amide bonds. The van der Waals surface area contributed by atoms with Crippen molar-refractivity contribution in [3.8, 4) is 0 Å². The highest BCUT2D eigenvalue weighted by molar-refractivity contribution is 5.92. The van der Waals surface area contributed by atoms with Crippen LogP contribution in [-0.2, 0) is 0 Å². The SMILES string of the molecule is O=[N+]([O-])c1ccc(NN=Cc2c([N+](=O)[O-])cc([N+](=O)[O-])cc2[N+](=O)[O-])c([N+](=O)[O-])c1. The van der Waals surface area contributed by atoms with E-state index in [2.05, 4.69) is 10.5 Å². The zero-order valence-corrected chi connectivity index (χ0v) is 14.2. The molecule has 0 unspecified atom stereocenters. The number of rotatable bonds is 8. The predicted octanol–water partition coefficient (Wildman–Crippen LogP) is 2.67. The van der Waals surface area contributed by atoms with Gasteiger partial charge in [0.2, 0.25) is 0 Å². The Labute approximate surface area is 163 Å². The summed E-state index contributed by atoms with van der Waals surface area (Å²) < 4.78 is 0. The zero-order valence-electron chi connectivity index (χ0n) is 14.2. The number of nitrogens with one attached hydrogen (secondary N) is 1. The molecule has 0 aliphatic carbocycles. The molecule has 2 aromatic carbocycles. The van der Waals surface area contributed by atoms with E-state index < -0.39 is 58.6 Å². The van der Waals surface area contributed by atoms with Crippen LogP contribution >= 0.6 is 0 Å². The highest BCUT2D eigenvalue weighted by Crippen LogP contribution is 2.33. The van der Waals surface area contributed by atoms with Gasteiger partial charge in [-0.05, 0) is 6.07 Å². The summed E-state index contributed by atoms with van der Waals surface area (Å²) in [6.45, 7) is 0. The van der Waals surface area contributed by atoms with Crippen LogP contribution in [0.15, 0.2) is 35.4 Å². The zero-order chi connectivity index (χ0) is 22.6. The fourth-order valence-corrected chi connectivity index (χ4v) is 2.19. The molecule has 0 heterocycles. The van der Waals surface area contributed by atoms with Crippen molar-refractivity contribution >= 4 is 40.3 Å². The molecule has 17 heteroatoms. The number of benzene rings is 2. The van der Waals surface area contributed by atoms with Crippen molar-refractivity contribution in [3.63, 3.8) is 0 Å². The van der Waals surface area contributed by atoms with Gasteiger partial charge in [0.1, 0.15) is 5.69 Å². The molecule has 0 aromatic heterocycles. The van der Waals surface area contributed by atoms with E-state index in [1.807, 2.05) is 0 Å². The van der Waals surface area contributed by atoms with E-state index in [9.17, 15) is 50.6 Å². The van der Waals surface area contributed by atoms with Crippen molar-refractivity contribution in [2.24, 2.45) is 5.10 Å². The molecule has 0 saturated heterocycles. The van der Waals surface area contributed by atoms with Gasteiger partial charge in [-0.25, -0.2) is 0 Å². The van der Waals surface area contributed by atoms with E-state index in [1.165, 1.54) is 0 Å². The summed E-state index contributed by atoms with van der Waals surface area (Å²) in [6, 6.07) is 3.47. The summed E-state index contributed by atoms with van der Waals surface area (Å²) in [5, 5.41) is 58.4. The van der Waals surface area contributed by atoms with Gasteiger partial charge in [0.25, 0.3) is 22.7 Å². The third-order valence-electron chi connectivity index (χ3n) is 3.49. The van der Waals surface area contributed by atoms with Crippen molar-refractivity contribution < 1.29 is 24.6 Å². The van der Waals surface area contributed by atoms with E-state index in [4.69, 9.17) is 0 Å². The molecule has 2 aromatic rings. The lowest BCUT2D eigenvalue weighted by Crippen LogP contribution is -2.04. The molecule has 0 radical (unpaired) electrons. The molecule has 0 spiro atoms. The minimum Gasteiger partial charge on any atom is -0.272 e. The molecular formula is C13H7N7O10. The molecule has 1 N–H and O–H groups in total. The summed E-state index contributed by atoms with van der Waals surface area (Å²) in [5.41, 5.74) is -3.20. The first kappa shape index (κ1) is 21.2.